The summed E-state index contributed by atoms with van der Waals surface area (Å²) < 4.78 is 23.5. The Morgan fingerprint density at radius 1 is 1.17 bits per heavy atom. The van der Waals surface area contributed by atoms with Gasteiger partial charge in [0.2, 0.25) is 5.91 Å². The summed E-state index contributed by atoms with van der Waals surface area (Å²) in [6.45, 7) is 4.95. The van der Waals surface area contributed by atoms with Crippen molar-refractivity contribution >= 4 is 21.7 Å². The molecule has 0 aromatic heterocycles. The summed E-state index contributed by atoms with van der Waals surface area (Å²) in [6, 6.07) is 6.42. The van der Waals surface area contributed by atoms with Crippen molar-refractivity contribution in [2.24, 2.45) is 0 Å². The minimum absolute atomic E-state index is 0.0416. The summed E-state index contributed by atoms with van der Waals surface area (Å²) in [4.78, 5) is 23.6. The predicted molar refractivity (Wildman–Crippen MR) is 91.6 cm³/mol. The van der Waals surface area contributed by atoms with Crippen LogP contribution in [0.4, 0.5) is 0 Å². The first-order valence-corrected chi connectivity index (χ1v) is 9.66. The summed E-state index contributed by atoms with van der Waals surface area (Å²) >= 11 is 0. The molecule has 0 aliphatic rings. The van der Waals surface area contributed by atoms with E-state index in [1.54, 1.807) is 19.1 Å². The molecule has 2 N–H and O–H groups in total. The summed E-state index contributed by atoms with van der Waals surface area (Å²) in [5.41, 5.74) is -0.432. The fourth-order valence-electron chi connectivity index (χ4n) is 2.38. The van der Waals surface area contributed by atoms with Gasteiger partial charge in [0.05, 0.1) is 10.6 Å². The van der Waals surface area contributed by atoms with Crippen molar-refractivity contribution in [1.82, 2.24) is 5.32 Å². The molecule has 0 saturated carbocycles. The number of carboxylic acid groups (broad SMARTS) is 1. The molecule has 0 bridgehead atoms. The van der Waals surface area contributed by atoms with E-state index < -0.39 is 21.3 Å². The van der Waals surface area contributed by atoms with Crippen LogP contribution in [0.5, 0.6) is 0 Å². The molecule has 0 saturated heterocycles. The van der Waals surface area contributed by atoms with Crippen LogP contribution in [-0.2, 0) is 25.8 Å². The van der Waals surface area contributed by atoms with Crippen LogP contribution < -0.4 is 5.32 Å². The summed E-state index contributed by atoms with van der Waals surface area (Å²) in [5, 5.41) is 11.8. The highest BCUT2D eigenvalue weighted by molar-refractivity contribution is 7.91. The second-order valence-corrected chi connectivity index (χ2v) is 8.26. The molecule has 1 unspecified atom stereocenters. The first kappa shape index (κ1) is 20.2. The minimum atomic E-state index is -3.23. The highest BCUT2D eigenvalue weighted by atomic mass is 32.2. The molecular formula is C17H25NO5S. The number of rotatable bonds is 9. The van der Waals surface area contributed by atoms with Gasteiger partial charge in [-0.05, 0) is 37.5 Å². The van der Waals surface area contributed by atoms with Gasteiger partial charge in [0, 0.05) is 6.42 Å². The van der Waals surface area contributed by atoms with Gasteiger partial charge in [-0.2, -0.15) is 0 Å². The van der Waals surface area contributed by atoms with Crippen LogP contribution in [0.3, 0.4) is 0 Å². The van der Waals surface area contributed by atoms with Crippen LogP contribution in [-0.4, -0.2) is 36.7 Å². The largest absolute Gasteiger partial charge is 0.480 e. The number of amides is 1. The summed E-state index contributed by atoms with van der Waals surface area (Å²) in [6.07, 6.45) is 1.57. The molecule has 1 aromatic carbocycles. The van der Waals surface area contributed by atoms with Gasteiger partial charge < -0.3 is 10.4 Å². The molecule has 1 amide bonds. The van der Waals surface area contributed by atoms with E-state index in [0.29, 0.717) is 19.3 Å². The zero-order valence-corrected chi connectivity index (χ0v) is 15.1. The van der Waals surface area contributed by atoms with Gasteiger partial charge >= 0.3 is 5.97 Å². The van der Waals surface area contributed by atoms with Crippen molar-refractivity contribution in [1.29, 1.82) is 0 Å². The van der Waals surface area contributed by atoms with Gasteiger partial charge in [-0.1, -0.05) is 32.4 Å². The van der Waals surface area contributed by atoms with E-state index in [2.05, 4.69) is 5.32 Å². The molecule has 6 nitrogen and oxygen atoms in total. The molecule has 0 heterocycles. The lowest BCUT2D eigenvalue weighted by Crippen LogP contribution is -2.52. The minimum Gasteiger partial charge on any atom is -0.480 e. The number of carbonyl (C=O) groups excluding carboxylic acids is 1. The van der Waals surface area contributed by atoms with Gasteiger partial charge in [0.25, 0.3) is 0 Å². The number of nitrogens with one attached hydrogen (secondary N) is 1. The van der Waals surface area contributed by atoms with Crippen LogP contribution >= 0.6 is 0 Å². The van der Waals surface area contributed by atoms with E-state index in [4.69, 9.17) is 0 Å². The van der Waals surface area contributed by atoms with Gasteiger partial charge in [0.15, 0.2) is 9.84 Å². The van der Waals surface area contributed by atoms with Crippen LogP contribution in [0.1, 0.15) is 45.6 Å². The quantitative estimate of drug-likeness (QED) is 0.707. The number of aliphatic carboxylic acids is 1. The molecular weight excluding hydrogens is 330 g/mol. The van der Waals surface area contributed by atoms with E-state index in [0.717, 1.165) is 5.56 Å². The second kappa shape index (κ2) is 8.28. The number of sulfone groups is 1. The highest BCUT2D eigenvalue weighted by Gasteiger charge is 2.33. The number of benzene rings is 1. The van der Waals surface area contributed by atoms with Crippen LogP contribution in [0, 0.1) is 0 Å². The topological polar surface area (TPSA) is 101 Å². The van der Waals surface area contributed by atoms with E-state index in [1.807, 2.05) is 6.92 Å². The van der Waals surface area contributed by atoms with Crippen molar-refractivity contribution < 1.29 is 23.1 Å². The average Bonchev–Trinajstić information content (AvgIpc) is 2.53. The second-order valence-electron chi connectivity index (χ2n) is 5.98. The number of carboxylic acids is 1. The zero-order valence-electron chi connectivity index (χ0n) is 14.3. The van der Waals surface area contributed by atoms with Crippen molar-refractivity contribution in [3.8, 4) is 0 Å². The summed E-state index contributed by atoms with van der Waals surface area (Å²) in [7, 11) is -3.23. The Labute approximate surface area is 143 Å². The fraction of sp³-hybridized carbons (Fsp3) is 0.529. The molecule has 0 aliphatic carbocycles. The van der Waals surface area contributed by atoms with E-state index in [9.17, 15) is 23.1 Å². The monoisotopic (exact) mass is 355 g/mol. The average molecular weight is 355 g/mol. The summed E-state index contributed by atoms with van der Waals surface area (Å²) in [5.74, 6) is -1.34. The lowest BCUT2D eigenvalue weighted by atomic mass is 9.96. The molecule has 0 spiro atoms. The third-order valence-corrected chi connectivity index (χ3v) is 5.69. The van der Waals surface area contributed by atoms with Gasteiger partial charge in [-0.15, -0.1) is 0 Å². The standard InChI is InChI=1S/C17H25NO5S/c1-4-12-17(3,16(20)21)18-15(19)11-8-13-6-9-14(10-7-13)24(22,23)5-2/h6-7,9-10H,4-5,8,11-12H2,1-3H3,(H,18,19)(H,20,21). The molecule has 0 aliphatic heterocycles. The third-order valence-electron chi connectivity index (χ3n) is 3.94. The van der Waals surface area contributed by atoms with Gasteiger partial charge in [-0.25, -0.2) is 13.2 Å². The molecule has 134 valence electrons. The van der Waals surface area contributed by atoms with Crippen molar-refractivity contribution in [2.45, 2.75) is 56.9 Å². The van der Waals surface area contributed by atoms with E-state index >= 15 is 0 Å². The Bertz CT molecular complexity index is 681. The number of hydrogen-bond acceptors (Lipinski definition) is 4. The zero-order chi connectivity index (χ0) is 18.4. The Morgan fingerprint density at radius 2 is 1.75 bits per heavy atom. The van der Waals surface area contributed by atoms with Crippen molar-refractivity contribution in [3.63, 3.8) is 0 Å². The Balaban J connectivity index is 2.66. The van der Waals surface area contributed by atoms with Crippen LogP contribution in [0.25, 0.3) is 0 Å². The predicted octanol–water partition coefficient (Wildman–Crippen LogP) is 2.17. The van der Waals surface area contributed by atoms with Crippen molar-refractivity contribution in [2.75, 3.05) is 5.75 Å². The first-order chi connectivity index (χ1) is 11.1. The maximum Gasteiger partial charge on any atom is 0.329 e. The van der Waals surface area contributed by atoms with Crippen LogP contribution in [0.2, 0.25) is 0 Å². The maximum atomic E-state index is 12.0. The molecule has 1 aromatic rings. The molecule has 24 heavy (non-hydrogen) atoms. The Kier molecular flexibility index (Phi) is 6.95. The number of carbonyl (C=O) groups is 2. The van der Waals surface area contributed by atoms with Crippen LogP contribution in [0.15, 0.2) is 29.2 Å². The van der Waals surface area contributed by atoms with Gasteiger partial charge in [0.1, 0.15) is 5.54 Å². The van der Waals surface area contributed by atoms with Gasteiger partial charge in [-0.3, -0.25) is 4.79 Å². The molecule has 0 fully saturated rings. The Morgan fingerprint density at radius 3 is 2.21 bits per heavy atom. The van der Waals surface area contributed by atoms with E-state index in [1.165, 1.54) is 19.1 Å². The normalized spacial score (nSPS) is 14.0. The smallest absolute Gasteiger partial charge is 0.329 e. The Hall–Kier alpha value is -1.89. The fourth-order valence-corrected chi connectivity index (χ4v) is 3.27. The van der Waals surface area contributed by atoms with E-state index in [-0.39, 0.29) is 23.0 Å². The molecule has 0 radical (unpaired) electrons. The SMILES string of the molecule is CCCC(C)(NC(=O)CCc1ccc(S(=O)(=O)CC)cc1)C(=O)O. The lowest BCUT2D eigenvalue weighted by molar-refractivity contribution is -0.147. The lowest BCUT2D eigenvalue weighted by Gasteiger charge is -2.25. The highest BCUT2D eigenvalue weighted by Crippen LogP contribution is 2.15. The number of hydrogen-bond donors (Lipinski definition) is 2. The molecule has 1 atom stereocenters. The number of aryl methyl sites for hydroxylation is 1. The van der Waals surface area contributed by atoms with Crippen molar-refractivity contribution in [3.05, 3.63) is 29.8 Å². The maximum absolute atomic E-state index is 12.0. The molecule has 7 heteroatoms. The molecule has 1 rings (SSSR count). The first-order valence-electron chi connectivity index (χ1n) is 8.00. The third kappa shape index (κ3) is 5.33.